The normalized spacial score (nSPS) is 13.6. The Morgan fingerprint density at radius 3 is 2.24 bits per heavy atom. The molecule has 1 rings (SSSR count). The molecule has 0 fully saturated rings. The third-order valence-electron chi connectivity index (χ3n) is 4.75. The Balaban J connectivity index is 3.36. The number of nitrogen functional groups attached to an aromatic ring is 1. The van der Waals surface area contributed by atoms with E-state index < -0.39 is 0 Å². The van der Waals surface area contributed by atoms with Gasteiger partial charge in [0.25, 0.3) is 0 Å². The van der Waals surface area contributed by atoms with Crippen molar-refractivity contribution in [2.75, 3.05) is 25.4 Å². The number of anilines is 1. The largest absolute Gasteiger partial charge is 0.383 e. The molecule has 1 atom stereocenters. The summed E-state index contributed by atoms with van der Waals surface area (Å²) >= 11 is 0. The van der Waals surface area contributed by atoms with Gasteiger partial charge in [0.2, 0.25) is 0 Å². The van der Waals surface area contributed by atoms with Crippen molar-refractivity contribution < 1.29 is 0 Å². The van der Waals surface area contributed by atoms with Gasteiger partial charge in [-0.25, -0.2) is 4.98 Å². The lowest BCUT2D eigenvalue weighted by Crippen LogP contribution is -2.56. The van der Waals surface area contributed by atoms with E-state index >= 15 is 0 Å². The van der Waals surface area contributed by atoms with Gasteiger partial charge in [0, 0.05) is 17.3 Å². The first-order chi connectivity index (χ1) is 10.1. The number of hydrogen-bond donors (Lipinski definition) is 2. The van der Waals surface area contributed by atoms with Crippen molar-refractivity contribution in [1.29, 1.82) is 0 Å². The van der Waals surface area contributed by atoms with Crippen LogP contribution in [0.5, 0.6) is 0 Å². The van der Waals surface area contributed by atoms with Crippen LogP contribution in [0.1, 0.15) is 59.1 Å². The summed E-state index contributed by atoms with van der Waals surface area (Å²) < 4.78 is 0. The van der Waals surface area contributed by atoms with E-state index in [1.807, 2.05) is 6.07 Å². The van der Waals surface area contributed by atoms with E-state index in [0.717, 1.165) is 38.0 Å². The predicted octanol–water partition coefficient (Wildman–Crippen LogP) is 3.22. The minimum Gasteiger partial charge on any atom is -0.383 e. The molecule has 1 aromatic rings. The smallest absolute Gasteiger partial charge is 0.128 e. The van der Waals surface area contributed by atoms with Crippen molar-refractivity contribution in [3.05, 3.63) is 23.9 Å². The lowest BCUT2D eigenvalue weighted by atomic mass is 9.79. The molecule has 1 unspecified atom stereocenters. The summed E-state index contributed by atoms with van der Waals surface area (Å²) in [6, 6.07) is 4.29. The molecule has 4 heteroatoms. The van der Waals surface area contributed by atoms with Crippen LogP contribution in [0, 0.1) is 0 Å². The van der Waals surface area contributed by atoms with E-state index in [-0.39, 0.29) is 11.6 Å². The van der Waals surface area contributed by atoms with E-state index in [2.05, 4.69) is 55.9 Å². The zero-order chi connectivity index (χ0) is 15.9. The fraction of sp³-hybridized carbons (Fsp3) is 0.706. The van der Waals surface area contributed by atoms with Crippen LogP contribution in [0.15, 0.2) is 18.3 Å². The molecule has 0 saturated heterocycles. The molecule has 1 aromatic heterocycles. The average Bonchev–Trinajstić information content (AvgIpc) is 2.52. The maximum Gasteiger partial charge on any atom is 0.128 e. The molecular formula is C17H32N4. The lowest BCUT2D eigenvalue weighted by Gasteiger charge is -2.48. The van der Waals surface area contributed by atoms with E-state index in [1.165, 1.54) is 0 Å². The Hall–Kier alpha value is -1.13. The number of aromatic nitrogens is 1. The summed E-state index contributed by atoms with van der Waals surface area (Å²) in [6.07, 6.45) is 3.92. The van der Waals surface area contributed by atoms with Crippen LogP contribution in [0.3, 0.4) is 0 Å². The molecule has 0 radical (unpaired) electrons. The van der Waals surface area contributed by atoms with Gasteiger partial charge in [-0.05, 0) is 38.5 Å². The quantitative estimate of drug-likeness (QED) is 0.734. The molecule has 4 nitrogen and oxygen atoms in total. The van der Waals surface area contributed by atoms with Crippen LogP contribution in [-0.4, -0.2) is 35.1 Å². The zero-order valence-electron chi connectivity index (χ0n) is 14.3. The monoisotopic (exact) mass is 292 g/mol. The highest BCUT2D eigenvalue weighted by Crippen LogP contribution is 2.38. The number of nitrogens with zero attached hydrogens (tertiary/aromatic N) is 2. The molecule has 0 aromatic carbocycles. The molecule has 0 bridgehead atoms. The Labute approximate surface area is 130 Å². The van der Waals surface area contributed by atoms with Crippen molar-refractivity contribution >= 4 is 5.82 Å². The van der Waals surface area contributed by atoms with Gasteiger partial charge < -0.3 is 11.1 Å². The molecule has 21 heavy (non-hydrogen) atoms. The SMILES string of the molecule is CCNC(c1cccnc1N)C(CC)(CC)N(CC)CC. The highest BCUT2D eigenvalue weighted by atomic mass is 15.2. The first-order valence-electron chi connectivity index (χ1n) is 8.29. The van der Waals surface area contributed by atoms with E-state index in [4.69, 9.17) is 5.73 Å². The van der Waals surface area contributed by atoms with E-state index in [9.17, 15) is 0 Å². The summed E-state index contributed by atoms with van der Waals surface area (Å²) in [6.45, 7) is 14.2. The van der Waals surface area contributed by atoms with Gasteiger partial charge in [-0.2, -0.15) is 0 Å². The van der Waals surface area contributed by atoms with Crippen LogP contribution in [0.4, 0.5) is 5.82 Å². The van der Waals surface area contributed by atoms with Crippen molar-refractivity contribution in [3.8, 4) is 0 Å². The first-order valence-corrected chi connectivity index (χ1v) is 8.29. The third-order valence-corrected chi connectivity index (χ3v) is 4.75. The third kappa shape index (κ3) is 3.55. The molecular weight excluding hydrogens is 260 g/mol. The molecule has 0 aliphatic heterocycles. The van der Waals surface area contributed by atoms with E-state index in [1.54, 1.807) is 6.20 Å². The Bertz CT molecular complexity index is 411. The first kappa shape index (κ1) is 17.9. The maximum atomic E-state index is 6.17. The average molecular weight is 292 g/mol. The summed E-state index contributed by atoms with van der Waals surface area (Å²) in [4.78, 5) is 6.86. The second kappa shape index (κ2) is 8.35. The van der Waals surface area contributed by atoms with Crippen molar-refractivity contribution in [3.63, 3.8) is 0 Å². The van der Waals surface area contributed by atoms with Gasteiger partial charge in [-0.15, -0.1) is 0 Å². The minimum atomic E-state index is 0.0661. The van der Waals surface area contributed by atoms with Crippen LogP contribution in [0.2, 0.25) is 0 Å². The molecule has 0 spiro atoms. The van der Waals surface area contributed by atoms with Gasteiger partial charge in [0.1, 0.15) is 5.82 Å². The molecule has 120 valence electrons. The number of nitrogens with two attached hydrogens (primary N) is 1. The molecule has 1 heterocycles. The van der Waals surface area contributed by atoms with E-state index in [0.29, 0.717) is 5.82 Å². The molecule has 0 aliphatic rings. The zero-order valence-corrected chi connectivity index (χ0v) is 14.3. The summed E-state index contributed by atoms with van der Waals surface area (Å²) in [5.74, 6) is 0.641. The fourth-order valence-electron chi connectivity index (χ4n) is 3.61. The lowest BCUT2D eigenvalue weighted by molar-refractivity contribution is 0.0494. The van der Waals surface area contributed by atoms with Crippen molar-refractivity contribution in [2.24, 2.45) is 0 Å². The highest BCUT2D eigenvalue weighted by molar-refractivity contribution is 5.42. The van der Waals surface area contributed by atoms with Crippen LogP contribution >= 0.6 is 0 Å². The second-order valence-electron chi connectivity index (χ2n) is 5.45. The molecule has 3 N–H and O–H groups in total. The van der Waals surface area contributed by atoms with Crippen LogP contribution in [0.25, 0.3) is 0 Å². The number of likely N-dealkylation sites (N-methyl/N-ethyl adjacent to an activating group) is 2. The van der Waals surface area contributed by atoms with Gasteiger partial charge >= 0.3 is 0 Å². The standard InChI is InChI=1S/C17H32N4/c1-6-17(7-2,21(9-4)10-5)15(19-8-3)14-12-11-13-20-16(14)18/h11-13,15,19H,6-10H2,1-5H3,(H2,18,20). The highest BCUT2D eigenvalue weighted by Gasteiger charge is 2.41. The van der Waals surface area contributed by atoms with Crippen LogP contribution in [-0.2, 0) is 0 Å². The number of nitrogens with one attached hydrogen (secondary N) is 1. The summed E-state index contributed by atoms with van der Waals surface area (Å²) in [5.41, 5.74) is 7.36. The molecule has 0 saturated carbocycles. The van der Waals surface area contributed by atoms with Gasteiger partial charge in [0.15, 0.2) is 0 Å². The second-order valence-corrected chi connectivity index (χ2v) is 5.45. The van der Waals surface area contributed by atoms with Crippen molar-refractivity contribution in [1.82, 2.24) is 15.2 Å². The van der Waals surface area contributed by atoms with Crippen molar-refractivity contribution in [2.45, 2.75) is 59.0 Å². The molecule has 0 amide bonds. The summed E-state index contributed by atoms with van der Waals surface area (Å²) in [5, 5.41) is 3.67. The maximum absolute atomic E-state index is 6.17. The number of rotatable bonds is 9. The Morgan fingerprint density at radius 2 is 1.81 bits per heavy atom. The predicted molar refractivity (Wildman–Crippen MR) is 91.3 cm³/mol. The Kier molecular flexibility index (Phi) is 7.12. The van der Waals surface area contributed by atoms with Gasteiger partial charge in [-0.3, -0.25) is 4.90 Å². The van der Waals surface area contributed by atoms with Crippen LogP contribution < -0.4 is 11.1 Å². The topological polar surface area (TPSA) is 54.2 Å². The molecule has 0 aliphatic carbocycles. The Morgan fingerprint density at radius 1 is 1.19 bits per heavy atom. The fourth-order valence-corrected chi connectivity index (χ4v) is 3.61. The minimum absolute atomic E-state index is 0.0661. The number of pyridine rings is 1. The van der Waals surface area contributed by atoms with Gasteiger partial charge in [0.05, 0.1) is 6.04 Å². The summed E-state index contributed by atoms with van der Waals surface area (Å²) in [7, 11) is 0. The van der Waals surface area contributed by atoms with Gasteiger partial charge in [-0.1, -0.05) is 40.7 Å². The number of hydrogen-bond acceptors (Lipinski definition) is 4.